The van der Waals surface area contributed by atoms with E-state index in [1.165, 1.54) is 0 Å². The lowest BCUT2D eigenvalue weighted by molar-refractivity contribution is -0.129. The van der Waals surface area contributed by atoms with Gasteiger partial charge in [0.15, 0.2) is 0 Å². The van der Waals surface area contributed by atoms with Crippen LogP contribution < -0.4 is 10.6 Å². The molecule has 2 amide bonds. The molecule has 0 spiro atoms. The van der Waals surface area contributed by atoms with E-state index in [9.17, 15) is 9.59 Å². The molecule has 0 aromatic heterocycles. The Morgan fingerprint density at radius 3 is 2.42 bits per heavy atom. The highest BCUT2D eigenvalue weighted by Crippen LogP contribution is 2.34. The Balaban J connectivity index is 2.35. The molecule has 0 radical (unpaired) electrons. The Labute approximate surface area is 115 Å². The summed E-state index contributed by atoms with van der Waals surface area (Å²) in [5, 5.41) is 5.45. The zero-order valence-electron chi connectivity index (χ0n) is 12.4. The molecule has 0 aromatic carbocycles. The third kappa shape index (κ3) is 5.19. The third-order valence-electron chi connectivity index (χ3n) is 3.32. The van der Waals surface area contributed by atoms with E-state index in [1.807, 2.05) is 6.92 Å². The zero-order valence-corrected chi connectivity index (χ0v) is 12.4. The average molecular weight is 270 g/mol. The molecule has 110 valence electrons. The van der Waals surface area contributed by atoms with Crippen LogP contribution in [0.4, 0.5) is 0 Å². The molecule has 0 unspecified atom stereocenters. The van der Waals surface area contributed by atoms with Crippen molar-refractivity contribution in [2.45, 2.75) is 46.6 Å². The minimum atomic E-state index is -0.227. The summed E-state index contributed by atoms with van der Waals surface area (Å²) in [5.41, 5.74) is 0.0749. The van der Waals surface area contributed by atoms with Crippen LogP contribution in [-0.2, 0) is 14.3 Å². The van der Waals surface area contributed by atoms with Gasteiger partial charge in [-0.3, -0.25) is 9.59 Å². The van der Waals surface area contributed by atoms with E-state index in [2.05, 4.69) is 31.4 Å². The van der Waals surface area contributed by atoms with E-state index < -0.39 is 0 Å². The highest BCUT2D eigenvalue weighted by molar-refractivity contribution is 5.96. The van der Waals surface area contributed by atoms with Crippen molar-refractivity contribution in [3.63, 3.8) is 0 Å². The summed E-state index contributed by atoms with van der Waals surface area (Å²) in [4.78, 5) is 22.9. The normalized spacial score (nSPS) is 23.2. The van der Waals surface area contributed by atoms with E-state index in [4.69, 9.17) is 4.74 Å². The maximum absolute atomic E-state index is 11.6. The van der Waals surface area contributed by atoms with Gasteiger partial charge in [-0.05, 0) is 18.8 Å². The quantitative estimate of drug-likeness (QED) is 0.735. The lowest BCUT2D eigenvalue weighted by Crippen LogP contribution is -2.40. The largest absolute Gasteiger partial charge is 0.377 e. The molecule has 2 atom stereocenters. The van der Waals surface area contributed by atoms with Crippen molar-refractivity contribution >= 4 is 11.8 Å². The van der Waals surface area contributed by atoms with E-state index in [1.54, 1.807) is 0 Å². The number of hydrogen-bond donors (Lipinski definition) is 2. The minimum absolute atomic E-state index is 0.0749. The SMILES string of the molecule is CCNC(=O)CC(=O)NC[C@H]1CCO[C@@H]1C(C)(C)C. The number of amides is 2. The van der Waals surface area contributed by atoms with Crippen LogP contribution in [0.2, 0.25) is 0 Å². The Hall–Kier alpha value is -1.10. The minimum Gasteiger partial charge on any atom is -0.377 e. The Bertz CT molecular complexity index is 323. The van der Waals surface area contributed by atoms with Crippen molar-refractivity contribution in [1.82, 2.24) is 10.6 Å². The summed E-state index contributed by atoms with van der Waals surface area (Å²) < 4.78 is 5.75. The fourth-order valence-corrected chi connectivity index (χ4v) is 2.51. The summed E-state index contributed by atoms with van der Waals surface area (Å²) in [7, 11) is 0. The van der Waals surface area contributed by atoms with Gasteiger partial charge in [-0.25, -0.2) is 0 Å². The van der Waals surface area contributed by atoms with Crippen LogP contribution in [0.1, 0.15) is 40.5 Å². The Kier molecular flexibility index (Phi) is 5.79. The predicted octanol–water partition coefficient (Wildman–Crippen LogP) is 1.08. The summed E-state index contributed by atoms with van der Waals surface area (Å²) in [6, 6.07) is 0. The van der Waals surface area contributed by atoms with Gasteiger partial charge in [-0.15, -0.1) is 0 Å². The van der Waals surface area contributed by atoms with E-state index in [0.29, 0.717) is 19.0 Å². The van der Waals surface area contributed by atoms with Crippen molar-refractivity contribution in [2.24, 2.45) is 11.3 Å². The van der Waals surface area contributed by atoms with E-state index >= 15 is 0 Å². The predicted molar refractivity (Wildman–Crippen MR) is 73.6 cm³/mol. The van der Waals surface area contributed by atoms with Crippen molar-refractivity contribution in [3.05, 3.63) is 0 Å². The standard InChI is InChI=1S/C14H26N2O3/c1-5-15-11(17)8-12(18)16-9-10-6-7-19-13(10)14(2,3)4/h10,13H,5-9H2,1-4H3,(H,15,17)(H,16,18)/t10-,13+/m1/s1. The summed E-state index contributed by atoms with van der Waals surface area (Å²) >= 11 is 0. The highest BCUT2D eigenvalue weighted by Gasteiger charge is 2.37. The number of rotatable bonds is 5. The highest BCUT2D eigenvalue weighted by atomic mass is 16.5. The first-order valence-electron chi connectivity index (χ1n) is 6.99. The van der Waals surface area contributed by atoms with Crippen LogP contribution in [0.5, 0.6) is 0 Å². The average Bonchev–Trinajstić information content (AvgIpc) is 2.74. The Morgan fingerprint density at radius 2 is 1.84 bits per heavy atom. The van der Waals surface area contributed by atoms with Gasteiger partial charge in [0.05, 0.1) is 6.10 Å². The second-order valence-corrected chi connectivity index (χ2v) is 6.14. The molecule has 2 N–H and O–H groups in total. The summed E-state index contributed by atoms with van der Waals surface area (Å²) in [6.45, 7) is 10.2. The Morgan fingerprint density at radius 1 is 1.21 bits per heavy atom. The maximum atomic E-state index is 11.6. The van der Waals surface area contributed by atoms with Gasteiger partial charge < -0.3 is 15.4 Å². The van der Waals surface area contributed by atoms with Gasteiger partial charge in [0.25, 0.3) is 0 Å². The molecule has 5 nitrogen and oxygen atoms in total. The molecule has 19 heavy (non-hydrogen) atoms. The molecule has 0 aromatic rings. The van der Waals surface area contributed by atoms with Crippen LogP contribution in [0.15, 0.2) is 0 Å². The topological polar surface area (TPSA) is 67.4 Å². The lowest BCUT2D eigenvalue weighted by atomic mass is 9.81. The maximum Gasteiger partial charge on any atom is 0.229 e. The van der Waals surface area contributed by atoms with Gasteiger partial charge in [0, 0.05) is 25.6 Å². The van der Waals surface area contributed by atoms with Crippen LogP contribution in [-0.4, -0.2) is 37.6 Å². The molecule has 0 aliphatic carbocycles. The fraction of sp³-hybridized carbons (Fsp3) is 0.857. The van der Waals surface area contributed by atoms with Gasteiger partial charge >= 0.3 is 0 Å². The zero-order chi connectivity index (χ0) is 14.5. The molecule has 1 rings (SSSR count). The van der Waals surface area contributed by atoms with Crippen molar-refractivity contribution in [2.75, 3.05) is 19.7 Å². The molecule has 5 heteroatoms. The van der Waals surface area contributed by atoms with Gasteiger partial charge in [-0.2, -0.15) is 0 Å². The number of carbonyl (C=O) groups excluding carboxylic acids is 2. The van der Waals surface area contributed by atoms with Gasteiger partial charge in [-0.1, -0.05) is 20.8 Å². The monoisotopic (exact) mass is 270 g/mol. The molecular formula is C14H26N2O3. The first-order valence-corrected chi connectivity index (χ1v) is 6.99. The molecule has 1 saturated heterocycles. The first kappa shape index (κ1) is 16.0. The summed E-state index contributed by atoms with van der Waals surface area (Å²) in [5.74, 6) is -0.112. The van der Waals surface area contributed by atoms with E-state index in [-0.39, 0.29) is 29.8 Å². The number of nitrogens with one attached hydrogen (secondary N) is 2. The van der Waals surface area contributed by atoms with Crippen LogP contribution in [0, 0.1) is 11.3 Å². The van der Waals surface area contributed by atoms with Crippen molar-refractivity contribution < 1.29 is 14.3 Å². The second-order valence-electron chi connectivity index (χ2n) is 6.14. The number of hydrogen-bond acceptors (Lipinski definition) is 3. The van der Waals surface area contributed by atoms with Gasteiger partial charge in [0.1, 0.15) is 6.42 Å². The molecule has 1 aliphatic heterocycles. The second kappa shape index (κ2) is 6.89. The van der Waals surface area contributed by atoms with Crippen LogP contribution >= 0.6 is 0 Å². The van der Waals surface area contributed by atoms with E-state index in [0.717, 1.165) is 13.0 Å². The van der Waals surface area contributed by atoms with Crippen molar-refractivity contribution in [3.8, 4) is 0 Å². The smallest absolute Gasteiger partial charge is 0.229 e. The molecule has 1 heterocycles. The lowest BCUT2D eigenvalue weighted by Gasteiger charge is -2.31. The molecule has 0 bridgehead atoms. The molecule has 0 saturated carbocycles. The number of ether oxygens (including phenoxy) is 1. The molecular weight excluding hydrogens is 244 g/mol. The fourth-order valence-electron chi connectivity index (χ4n) is 2.51. The molecule has 1 fully saturated rings. The third-order valence-corrected chi connectivity index (χ3v) is 3.32. The van der Waals surface area contributed by atoms with Crippen LogP contribution in [0.25, 0.3) is 0 Å². The van der Waals surface area contributed by atoms with Crippen LogP contribution in [0.3, 0.4) is 0 Å². The molecule has 1 aliphatic rings. The van der Waals surface area contributed by atoms with Crippen molar-refractivity contribution in [1.29, 1.82) is 0 Å². The summed E-state index contributed by atoms with van der Waals surface area (Å²) in [6.07, 6.45) is 1.03. The first-order chi connectivity index (χ1) is 8.84. The number of carbonyl (C=O) groups is 2. The van der Waals surface area contributed by atoms with Gasteiger partial charge in [0.2, 0.25) is 11.8 Å².